The molecule has 0 saturated carbocycles. The predicted molar refractivity (Wildman–Crippen MR) is 147 cm³/mol. The van der Waals surface area contributed by atoms with Crippen LogP contribution in [0.2, 0.25) is 0 Å². The number of carbonyl (C=O) groups is 3. The molecule has 0 bridgehead atoms. The number of pyridine rings is 1. The van der Waals surface area contributed by atoms with Gasteiger partial charge in [0, 0.05) is 37.6 Å². The van der Waals surface area contributed by atoms with Gasteiger partial charge in [-0.15, -0.1) is 0 Å². The standard InChI is InChI=1S/C28H38BrN3O5/c1-6-25(33)31(5)16-17-36-28(35)20(4)18-24(29)22-13-11-21(12-14-22)19-37-26-23(10-9-15-30-26)27(34)32(7-2)8-3/h9-15,20,24H,6-8,16-19H2,1-5H3. The van der Waals surface area contributed by atoms with E-state index < -0.39 is 0 Å². The number of alkyl halides is 1. The van der Waals surface area contributed by atoms with Gasteiger partial charge in [0.1, 0.15) is 18.8 Å². The van der Waals surface area contributed by atoms with E-state index in [0.29, 0.717) is 43.9 Å². The summed E-state index contributed by atoms with van der Waals surface area (Å²) in [6.45, 7) is 9.61. The monoisotopic (exact) mass is 575 g/mol. The maximum Gasteiger partial charge on any atom is 0.308 e. The number of esters is 1. The number of rotatable bonds is 14. The molecule has 2 aromatic rings. The second-order valence-electron chi connectivity index (χ2n) is 8.80. The second kappa shape index (κ2) is 15.3. The summed E-state index contributed by atoms with van der Waals surface area (Å²) in [6.07, 6.45) is 2.61. The lowest BCUT2D eigenvalue weighted by atomic mass is 10.0. The first-order valence-electron chi connectivity index (χ1n) is 12.7. The third-order valence-electron chi connectivity index (χ3n) is 6.13. The normalized spacial score (nSPS) is 12.4. The van der Waals surface area contributed by atoms with Crippen LogP contribution in [-0.2, 0) is 20.9 Å². The van der Waals surface area contributed by atoms with E-state index in [2.05, 4.69) is 20.9 Å². The van der Waals surface area contributed by atoms with E-state index in [1.165, 1.54) is 0 Å². The highest BCUT2D eigenvalue weighted by Crippen LogP contribution is 2.30. The molecule has 1 aromatic heterocycles. The molecule has 0 aliphatic carbocycles. The van der Waals surface area contributed by atoms with Crippen LogP contribution in [0.5, 0.6) is 5.88 Å². The predicted octanol–water partition coefficient (Wildman–Crippen LogP) is 5.02. The van der Waals surface area contributed by atoms with Crippen LogP contribution in [0.1, 0.15) is 66.8 Å². The van der Waals surface area contributed by atoms with E-state index in [9.17, 15) is 14.4 Å². The Bertz CT molecular complexity index is 1030. The van der Waals surface area contributed by atoms with Crippen LogP contribution in [0.3, 0.4) is 0 Å². The minimum atomic E-state index is -0.300. The number of nitrogens with zero attached hydrogens (tertiary/aromatic N) is 3. The molecule has 37 heavy (non-hydrogen) atoms. The molecule has 0 radical (unpaired) electrons. The van der Waals surface area contributed by atoms with Gasteiger partial charge >= 0.3 is 5.97 Å². The van der Waals surface area contributed by atoms with Crippen molar-refractivity contribution in [3.8, 4) is 5.88 Å². The highest BCUT2D eigenvalue weighted by molar-refractivity contribution is 9.09. The molecule has 0 fully saturated rings. The van der Waals surface area contributed by atoms with Crippen molar-refractivity contribution in [3.05, 3.63) is 59.3 Å². The van der Waals surface area contributed by atoms with Crippen LogP contribution in [0, 0.1) is 5.92 Å². The molecule has 2 rings (SSSR count). The molecule has 0 spiro atoms. The topological polar surface area (TPSA) is 89.0 Å². The number of benzene rings is 1. The molecular formula is C28H38BrN3O5. The van der Waals surface area contributed by atoms with Crippen LogP contribution in [0.15, 0.2) is 42.6 Å². The molecule has 8 nitrogen and oxygen atoms in total. The van der Waals surface area contributed by atoms with Gasteiger partial charge in [-0.2, -0.15) is 0 Å². The molecule has 202 valence electrons. The van der Waals surface area contributed by atoms with Crippen molar-refractivity contribution in [1.29, 1.82) is 0 Å². The molecule has 2 unspecified atom stereocenters. The van der Waals surface area contributed by atoms with Gasteiger partial charge in [-0.1, -0.05) is 54.0 Å². The zero-order valence-corrected chi connectivity index (χ0v) is 24.0. The number of carbonyl (C=O) groups excluding carboxylic acids is 3. The fraction of sp³-hybridized carbons (Fsp3) is 0.500. The van der Waals surface area contributed by atoms with Crippen molar-refractivity contribution < 1.29 is 23.9 Å². The Morgan fingerprint density at radius 1 is 1.05 bits per heavy atom. The molecule has 1 heterocycles. The zero-order chi connectivity index (χ0) is 27.4. The van der Waals surface area contributed by atoms with Crippen LogP contribution in [0.4, 0.5) is 0 Å². The Kier molecular flexibility index (Phi) is 12.6. The number of hydrogen-bond acceptors (Lipinski definition) is 6. The number of halogens is 1. The molecular weight excluding hydrogens is 538 g/mol. The summed E-state index contributed by atoms with van der Waals surface area (Å²) >= 11 is 3.68. The Morgan fingerprint density at radius 2 is 1.73 bits per heavy atom. The van der Waals surface area contributed by atoms with Crippen LogP contribution in [-0.4, -0.2) is 65.9 Å². The summed E-state index contributed by atoms with van der Waals surface area (Å²) in [6, 6.07) is 11.4. The van der Waals surface area contributed by atoms with Gasteiger partial charge in [-0.05, 0) is 43.5 Å². The molecule has 0 aliphatic rings. The van der Waals surface area contributed by atoms with E-state index >= 15 is 0 Å². The second-order valence-corrected chi connectivity index (χ2v) is 9.91. The lowest BCUT2D eigenvalue weighted by Crippen LogP contribution is -2.30. The molecule has 0 aliphatic heterocycles. The van der Waals surface area contributed by atoms with Gasteiger partial charge in [-0.3, -0.25) is 14.4 Å². The number of hydrogen-bond donors (Lipinski definition) is 0. The Balaban J connectivity index is 1.89. The molecule has 2 amide bonds. The fourth-order valence-electron chi connectivity index (χ4n) is 3.69. The minimum absolute atomic E-state index is 0.0204. The van der Waals surface area contributed by atoms with E-state index in [-0.39, 0.29) is 41.7 Å². The quantitative estimate of drug-likeness (QED) is 0.232. The van der Waals surface area contributed by atoms with Crippen molar-refractivity contribution in [2.24, 2.45) is 5.92 Å². The van der Waals surface area contributed by atoms with Crippen LogP contribution < -0.4 is 4.74 Å². The van der Waals surface area contributed by atoms with Gasteiger partial charge in [0.25, 0.3) is 5.91 Å². The molecule has 0 N–H and O–H groups in total. The van der Waals surface area contributed by atoms with Crippen molar-refractivity contribution in [1.82, 2.24) is 14.8 Å². The molecule has 0 saturated heterocycles. The number of ether oxygens (including phenoxy) is 2. The maximum absolute atomic E-state index is 12.8. The maximum atomic E-state index is 12.8. The van der Waals surface area contributed by atoms with Gasteiger partial charge in [-0.25, -0.2) is 4.98 Å². The van der Waals surface area contributed by atoms with Crippen molar-refractivity contribution >= 4 is 33.7 Å². The first-order chi connectivity index (χ1) is 17.7. The Morgan fingerprint density at radius 3 is 2.35 bits per heavy atom. The van der Waals surface area contributed by atoms with Crippen molar-refractivity contribution in [3.63, 3.8) is 0 Å². The lowest BCUT2D eigenvalue weighted by Gasteiger charge is -2.20. The Hall–Kier alpha value is -2.94. The van der Waals surface area contributed by atoms with Crippen molar-refractivity contribution in [2.45, 2.75) is 52.0 Å². The highest BCUT2D eigenvalue weighted by atomic mass is 79.9. The molecule has 1 aromatic carbocycles. The average Bonchev–Trinajstić information content (AvgIpc) is 2.92. The summed E-state index contributed by atoms with van der Waals surface area (Å²) in [5.74, 6) is -0.339. The third-order valence-corrected chi connectivity index (χ3v) is 7.03. The summed E-state index contributed by atoms with van der Waals surface area (Å²) < 4.78 is 11.3. The first-order valence-corrected chi connectivity index (χ1v) is 13.6. The average molecular weight is 577 g/mol. The fourth-order valence-corrected chi connectivity index (χ4v) is 4.55. The summed E-state index contributed by atoms with van der Waals surface area (Å²) in [5, 5.41) is 0. The minimum Gasteiger partial charge on any atom is -0.472 e. The summed E-state index contributed by atoms with van der Waals surface area (Å²) in [4.78, 5) is 44.3. The molecule has 2 atom stereocenters. The Labute approximate surface area is 228 Å². The first kappa shape index (κ1) is 30.3. The smallest absolute Gasteiger partial charge is 0.308 e. The van der Waals surface area contributed by atoms with E-state index in [1.54, 1.807) is 42.1 Å². The third kappa shape index (κ3) is 9.14. The number of aromatic nitrogens is 1. The molecule has 9 heteroatoms. The van der Waals surface area contributed by atoms with Gasteiger partial charge in [0.15, 0.2) is 0 Å². The van der Waals surface area contributed by atoms with Crippen LogP contribution >= 0.6 is 15.9 Å². The summed E-state index contributed by atoms with van der Waals surface area (Å²) in [7, 11) is 1.70. The number of likely N-dealkylation sites (N-methyl/N-ethyl adjacent to an activating group) is 1. The lowest BCUT2D eigenvalue weighted by molar-refractivity contribution is -0.149. The van der Waals surface area contributed by atoms with Gasteiger partial charge < -0.3 is 19.3 Å². The SMILES string of the molecule is CCC(=O)N(C)CCOC(=O)C(C)CC(Br)c1ccc(COc2ncccc2C(=O)N(CC)CC)cc1. The van der Waals surface area contributed by atoms with Gasteiger partial charge in [0.05, 0.1) is 12.5 Å². The summed E-state index contributed by atoms with van der Waals surface area (Å²) in [5.41, 5.74) is 2.42. The van der Waals surface area contributed by atoms with Crippen LogP contribution in [0.25, 0.3) is 0 Å². The van der Waals surface area contributed by atoms with E-state index in [0.717, 1.165) is 11.1 Å². The largest absolute Gasteiger partial charge is 0.472 e. The number of amides is 2. The van der Waals surface area contributed by atoms with E-state index in [1.807, 2.05) is 45.0 Å². The van der Waals surface area contributed by atoms with Crippen molar-refractivity contribution in [2.75, 3.05) is 33.3 Å². The van der Waals surface area contributed by atoms with Gasteiger partial charge in [0.2, 0.25) is 11.8 Å². The highest BCUT2D eigenvalue weighted by Gasteiger charge is 2.21. The zero-order valence-electron chi connectivity index (χ0n) is 22.4. The van der Waals surface area contributed by atoms with E-state index in [4.69, 9.17) is 9.47 Å².